The molecule has 2 aromatic rings. The van der Waals surface area contributed by atoms with E-state index >= 15 is 0 Å². The monoisotopic (exact) mass is 303 g/mol. The van der Waals surface area contributed by atoms with Crippen molar-refractivity contribution < 1.29 is 51.0 Å². The van der Waals surface area contributed by atoms with Crippen LogP contribution >= 0.6 is 0 Å². The minimum atomic E-state index is 0. The van der Waals surface area contributed by atoms with Crippen LogP contribution in [0.4, 0.5) is 0 Å². The average Bonchev–Trinajstić information content (AvgIpc) is 2.36. The number of hydrogen-bond acceptors (Lipinski definition) is 0. The van der Waals surface area contributed by atoms with Crippen LogP contribution in [0.5, 0.6) is 0 Å². The number of fused-ring (bicyclic) bond motifs is 1. The number of rotatable bonds is 0. The van der Waals surface area contributed by atoms with Gasteiger partial charge in [0.1, 0.15) is 0 Å². The third-order valence-electron chi connectivity index (χ3n) is 2.25. The number of halogens is 2. The Hall–Kier alpha value is 0.293. The Morgan fingerprint density at radius 1 is 1.00 bits per heavy atom. The van der Waals surface area contributed by atoms with Crippen molar-refractivity contribution in [1.82, 2.24) is 0 Å². The summed E-state index contributed by atoms with van der Waals surface area (Å²) in [5.41, 5.74) is 2.76. The van der Waals surface area contributed by atoms with Crippen LogP contribution in [0, 0.1) is 13.8 Å². The van der Waals surface area contributed by atoms with Crippen LogP contribution in [0.15, 0.2) is 30.3 Å². The molecule has 0 N–H and O–H groups in total. The van der Waals surface area contributed by atoms with Gasteiger partial charge in [0.05, 0.1) is 0 Å². The molecule has 0 heterocycles. The van der Waals surface area contributed by atoms with Crippen LogP contribution < -0.4 is 24.8 Å². The summed E-state index contributed by atoms with van der Waals surface area (Å²) < 4.78 is 0. The fraction of sp³-hybridized carbons (Fsp3) is 0.182. The Morgan fingerprint density at radius 3 is 2.21 bits per heavy atom. The third kappa shape index (κ3) is 3.15. The normalized spacial score (nSPS) is 8.43. The SMILES string of the molecule is Cc1cc2cc[cH-]c2cc1C.[Cl-].[Cl-].[Zr+3]. The largest absolute Gasteiger partial charge is 3.00 e. The van der Waals surface area contributed by atoms with E-state index in [0.717, 1.165) is 0 Å². The van der Waals surface area contributed by atoms with Gasteiger partial charge in [-0.3, -0.25) is 0 Å². The zero-order valence-electron chi connectivity index (χ0n) is 8.14. The quantitative estimate of drug-likeness (QED) is 0.461. The van der Waals surface area contributed by atoms with E-state index in [2.05, 4.69) is 44.2 Å². The van der Waals surface area contributed by atoms with Crippen molar-refractivity contribution >= 4 is 10.8 Å². The van der Waals surface area contributed by atoms with Crippen molar-refractivity contribution in [3.05, 3.63) is 41.5 Å². The summed E-state index contributed by atoms with van der Waals surface area (Å²) in [7, 11) is 0. The summed E-state index contributed by atoms with van der Waals surface area (Å²) in [5, 5.41) is 2.71. The Kier molecular flexibility index (Phi) is 8.02. The molecule has 0 atom stereocenters. The van der Waals surface area contributed by atoms with Gasteiger partial charge in [-0.05, 0) is 13.8 Å². The molecule has 0 saturated heterocycles. The maximum absolute atomic E-state index is 2.24. The minimum absolute atomic E-state index is 0. The maximum atomic E-state index is 2.24. The summed E-state index contributed by atoms with van der Waals surface area (Å²) in [6, 6.07) is 10.9. The zero-order chi connectivity index (χ0) is 7.84. The van der Waals surface area contributed by atoms with Gasteiger partial charge in [-0.2, -0.15) is 12.1 Å². The van der Waals surface area contributed by atoms with E-state index in [1.807, 2.05) is 0 Å². The van der Waals surface area contributed by atoms with Gasteiger partial charge in [-0.15, -0.1) is 29.0 Å². The van der Waals surface area contributed by atoms with E-state index in [1.165, 1.54) is 21.9 Å². The van der Waals surface area contributed by atoms with Gasteiger partial charge >= 0.3 is 26.2 Å². The second kappa shape index (κ2) is 6.72. The molecule has 0 saturated carbocycles. The van der Waals surface area contributed by atoms with E-state index in [0.29, 0.717) is 0 Å². The van der Waals surface area contributed by atoms with E-state index in [1.54, 1.807) is 0 Å². The maximum Gasteiger partial charge on any atom is 3.00 e. The zero-order valence-corrected chi connectivity index (χ0v) is 12.1. The van der Waals surface area contributed by atoms with Crippen LogP contribution in [0.3, 0.4) is 0 Å². The molecule has 0 unspecified atom stereocenters. The van der Waals surface area contributed by atoms with Gasteiger partial charge < -0.3 is 24.8 Å². The molecule has 3 heteroatoms. The van der Waals surface area contributed by atoms with Gasteiger partial charge in [0.25, 0.3) is 0 Å². The first-order valence-corrected chi connectivity index (χ1v) is 3.90. The smallest absolute Gasteiger partial charge is 1.00 e. The molecule has 1 radical (unpaired) electrons. The van der Waals surface area contributed by atoms with Crippen LogP contribution in [0.1, 0.15) is 11.1 Å². The third-order valence-corrected chi connectivity index (χ3v) is 2.25. The molecular formula is C11H11Cl2Zr. The van der Waals surface area contributed by atoms with Crippen molar-refractivity contribution in [2.75, 3.05) is 0 Å². The van der Waals surface area contributed by atoms with E-state index in [-0.39, 0.29) is 51.0 Å². The van der Waals surface area contributed by atoms with E-state index in [9.17, 15) is 0 Å². The second-order valence-electron chi connectivity index (χ2n) is 3.09. The first kappa shape index (κ1) is 16.7. The molecule has 0 amide bonds. The summed E-state index contributed by atoms with van der Waals surface area (Å²) in [6.45, 7) is 4.31. The van der Waals surface area contributed by atoms with Crippen LogP contribution in [0.25, 0.3) is 10.8 Å². The van der Waals surface area contributed by atoms with Gasteiger partial charge in [-0.1, -0.05) is 11.1 Å². The molecule has 0 aliphatic rings. The van der Waals surface area contributed by atoms with Crippen LogP contribution in [-0.4, -0.2) is 0 Å². The van der Waals surface area contributed by atoms with Crippen LogP contribution in [-0.2, 0) is 26.2 Å². The number of benzene rings is 1. The molecule has 2 rings (SSSR count). The van der Waals surface area contributed by atoms with Gasteiger partial charge in [0.2, 0.25) is 0 Å². The van der Waals surface area contributed by atoms with E-state index in [4.69, 9.17) is 0 Å². The molecule has 73 valence electrons. The predicted molar refractivity (Wildman–Crippen MR) is 49.0 cm³/mol. The molecule has 0 aromatic heterocycles. The molecule has 14 heavy (non-hydrogen) atoms. The molecule has 0 nitrogen and oxygen atoms in total. The molecule has 0 aliphatic heterocycles. The Balaban J connectivity index is 0. The molecular weight excluding hydrogens is 294 g/mol. The van der Waals surface area contributed by atoms with Crippen molar-refractivity contribution in [2.45, 2.75) is 13.8 Å². The number of hydrogen-bond donors (Lipinski definition) is 0. The van der Waals surface area contributed by atoms with Crippen LogP contribution in [0.2, 0.25) is 0 Å². The van der Waals surface area contributed by atoms with E-state index < -0.39 is 0 Å². The molecule has 2 aromatic carbocycles. The fourth-order valence-corrected chi connectivity index (χ4v) is 1.40. The summed E-state index contributed by atoms with van der Waals surface area (Å²) in [4.78, 5) is 0. The van der Waals surface area contributed by atoms with Crippen molar-refractivity contribution in [3.63, 3.8) is 0 Å². The first-order valence-electron chi connectivity index (χ1n) is 3.90. The molecule has 0 fully saturated rings. The van der Waals surface area contributed by atoms with Gasteiger partial charge in [0.15, 0.2) is 0 Å². The predicted octanol–water partition coefficient (Wildman–Crippen LogP) is -2.82. The summed E-state index contributed by atoms with van der Waals surface area (Å²) >= 11 is 0. The molecule has 0 aliphatic carbocycles. The first-order chi connectivity index (χ1) is 5.27. The Morgan fingerprint density at radius 2 is 1.57 bits per heavy atom. The topological polar surface area (TPSA) is 0 Å². The van der Waals surface area contributed by atoms with Crippen molar-refractivity contribution in [3.8, 4) is 0 Å². The van der Waals surface area contributed by atoms with Crippen molar-refractivity contribution in [2.24, 2.45) is 0 Å². The summed E-state index contributed by atoms with van der Waals surface area (Å²) in [5.74, 6) is 0. The second-order valence-corrected chi connectivity index (χ2v) is 3.09. The standard InChI is InChI=1S/C11H11.2ClH.Zr/c1-8-6-10-4-3-5-11(10)7-9(8)2;;;/h3-7H,1-2H3;2*1H;/q-1;;;+3/p-2. The summed E-state index contributed by atoms with van der Waals surface area (Å²) in [6.07, 6.45) is 0. The Bertz CT molecular complexity index is 357. The fourth-order valence-electron chi connectivity index (χ4n) is 1.40. The van der Waals surface area contributed by atoms with Gasteiger partial charge in [-0.25, -0.2) is 0 Å². The molecule has 0 bridgehead atoms. The average molecular weight is 305 g/mol. The number of aryl methyl sites for hydroxylation is 2. The van der Waals surface area contributed by atoms with Gasteiger partial charge in [0, 0.05) is 0 Å². The Labute approximate surface area is 116 Å². The van der Waals surface area contributed by atoms with Crippen molar-refractivity contribution in [1.29, 1.82) is 0 Å². The molecule has 0 spiro atoms. The minimum Gasteiger partial charge on any atom is -1.00 e.